The molecule has 1 saturated heterocycles. The summed E-state index contributed by atoms with van der Waals surface area (Å²) in [5.74, 6) is 1.22. The third-order valence-electron chi connectivity index (χ3n) is 4.45. The van der Waals surface area contributed by atoms with Gasteiger partial charge in [-0.2, -0.15) is 0 Å². The van der Waals surface area contributed by atoms with Crippen LogP contribution in [0.2, 0.25) is 0 Å². The number of benzene rings is 1. The Morgan fingerprint density at radius 2 is 1.79 bits per heavy atom. The molecular formula is C17H26N2O4S. The SMILES string of the molecule is CC1CCN(C(=O)[C@@H](C)Oc2ccc(N(C)S(C)(=O)=O)cc2)CC1. The molecule has 0 aliphatic carbocycles. The van der Waals surface area contributed by atoms with E-state index < -0.39 is 16.1 Å². The van der Waals surface area contributed by atoms with Crippen LogP contribution in [-0.4, -0.2) is 51.7 Å². The van der Waals surface area contributed by atoms with Crippen molar-refractivity contribution in [3.8, 4) is 5.75 Å². The summed E-state index contributed by atoms with van der Waals surface area (Å²) in [7, 11) is -1.80. The zero-order chi connectivity index (χ0) is 17.9. The molecule has 0 N–H and O–H groups in total. The Hall–Kier alpha value is -1.76. The zero-order valence-corrected chi connectivity index (χ0v) is 15.5. The molecule has 0 spiro atoms. The smallest absolute Gasteiger partial charge is 0.263 e. The molecule has 6 nitrogen and oxygen atoms in total. The molecule has 2 rings (SSSR count). The van der Waals surface area contributed by atoms with Gasteiger partial charge in [0, 0.05) is 20.1 Å². The number of ether oxygens (including phenoxy) is 1. The molecule has 1 heterocycles. The lowest BCUT2D eigenvalue weighted by Crippen LogP contribution is -2.44. The molecule has 1 aliphatic rings. The predicted molar refractivity (Wildman–Crippen MR) is 94.8 cm³/mol. The summed E-state index contributed by atoms with van der Waals surface area (Å²) in [6.07, 6.45) is 2.66. The molecule has 134 valence electrons. The molecule has 0 aromatic heterocycles. The Morgan fingerprint density at radius 1 is 1.25 bits per heavy atom. The van der Waals surface area contributed by atoms with Gasteiger partial charge in [0.15, 0.2) is 6.10 Å². The first-order valence-corrected chi connectivity index (χ1v) is 10.0. The highest BCUT2D eigenvalue weighted by atomic mass is 32.2. The van der Waals surface area contributed by atoms with E-state index in [1.54, 1.807) is 31.2 Å². The summed E-state index contributed by atoms with van der Waals surface area (Å²) in [4.78, 5) is 14.3. The second kappa shape index (κ2) is 7.42. The van der Waals surface area contributed by atoms with E-state index >= 15 is 0 Å². The number of anilines is 1. The van der Waals surface area contributed by atoms with Crippen LogP contribution in [0.15, 0.2) is 24.3 Å². The summed E-state index contributed by atoms with van der Waals surface area (Å²) in [6, 6.07) is 6.68. The van der Waals surface area contributed by atoms with Gasteiger partial charge in [0.1, 0.15) is 5.75 Å². The minimum atomic E-state index is -3.29. The summed E-state index contributed by atoms with van der Waals surface area (Å²) < 4.78 is 30.0. The molecule has 0 radical (unpaired) electrons. The largest absolute Gasteiger partial charge is 0.481 e. The van der Waals surface area contributed by atoms with Crippen molar-refractivity contribution in [1.29, 1.82) is 0 Å². The van der Waals surface area contributed by atoms with Gasteiger partial charge in [-0.25, -0.2) is 8.42 Å². The van der Waals surface area contributed by atoms with Crippen LogP contribution in [-0.2, 0) is 14.8 Å². The van der Waals surface area contributed by atoms with Gasteiger partial charge in [0.25, 0.3) is 5.91 Å². The Bertz CT molecular complexity index is 664. The maximum absolute atomic E-state index is 12.4. The van der Waals surface area contributed by atoms with Crippen LogP contribution in [0, 0.1) is 5.92 Å². The van der Waals surface area contributed by atoms with Crippen molar-refractivity contribution in [2.75, 3.05) is 30.7 Å². The van der Waals surface area contributed by atoms with Crippen LogP contribution in [0.25, 0.3) is 0 Å². The first-order valence-electron chi connectivity index (χ1n) is 8.18. The molecule has 7 heteroatoms. The van der Waals surface area contributed by atoms with Crippen molar-refractivity contribution < 1.29 is 17.9 Å². The highest BCUT2D eigenvalue weighted by Gasteiger charge is 2.25. The summed E-state index contributed by atoms with van der Waals surface area (Å²) in [6.45, 7) is 5.52. The van der Waals surface area contributed by atoms with Crippen molar-refractivity contribution in [3.05, 3.63) is 24.3 Å². The number of likely N-dealkylation sites (tertiary alicyclic amines) is 1. The standard InChI is InChI=1S/C17H26N2O4S/c1-13-9-11-19(12-10-13)17(20)14(2)23-16-7-5-15(6-8-16)18(3)24(4,21)22/h5-8,13-14H,9-12H2,1-4H3/t14-/m1/s1. The average molecular weight is 354 g/mol. The molecule has 1 fully saturated rings. The molecule has 24 heavy (non-hydrogen) atoms. The summed E-state index contributed by atoms with van der Waals surface area (Å²) >= 11 is 0. The van der Waals surface area contributed by atoms with Gasteiger partial charge < -0.3 is 9.64 Å². The number of rotatable bonds is 5. The Labute approximate surface area is 144 Å². The van der Waals surface area contributed by atoms with Crippen LogP contribution in [0.4, 0.5) is 5.69 Å². The van der Waals surface area contributed by atoms with E-state index in [0.717, 1.165) is 32.2 Å². The van der Waals surface area contributed by atoms with Crippen molar-refractivity contribution in [1.82, 2.24) is 4.90 Å². The monoisotopic (exact) mass is 354 g/mol. The lowest BCUT2D eigenvalue weighted by molar-refractivity contribution is -0.139. The number of hydrogen-bond acceptors (Lipinski definition) is 4. The van der Waals surface area contributed by atoms with E-state index in [1.807, 2.05) is 4.90 Å². The Kier molecular flexibility index (Phi) is 5.74. The summed E-state index contributed by atoms with van der Waals surface area (Å²) in [5, 5.41) is 0. The lowest BCUT2D eigenvalue weighted by atomic mass is 9.99. The third kappa shape index (κ3) is 4.63. The van der Waals surface area contributed by atoms with Crippen LogP contribution in [0.3, 0.4) is 0 Å². The molecule has 1 aromatic rings. The van der Waals surface area contributed by atoms with Crippen molar-refractivity contribution in [2.45, 2.75) is 32.8 Å². The van der Waals surface area contributed by atoms with Crippen molar-refractivity contribution >= 4 is 21.6 Å². The molecule has 1 atom stereocenters. The van der Waals surface area contributed by atoms with E-state index in [4.69, 9.17) is 4.74 Å². The first-order chi connectivity index (χ1) is 11.2. The molecule has 0 bridgehead atoms. The van der Waals surface area contributed by atoms with Gasteiger partial charge in [0.2, 0.25) is 10.0 Å². The third-order valence-corrected chi connectivity index (χ3v) is 5.66. The van der Waals surface area contributed by atoms with Crippen LogP contribution >= 0.6 is 0 Å². The first kappa shape index (κ1) is 18.6. The van der Waals surface area contributed by atoms with Gasteiger partial charge in [-0.1, -0.05) is 6.92 Å². The zero-order valence-electron chi connectivity index (χ0n) is 14.7. The van der Waals surface area contributed by atoms with Gasteiger partial charge in [0.05, 0.1) is 11.9 Å². The van der Waals surface area contributed by atoms with E-state index in [0.29, 0.717) is 17.4 Å². The minimum absolute atomic E-state index is 0.000712. The maximum Gasteiger partial charge on any atom is 0.263 e. The highest BCUT2D eigenvalue weighted by molar-refractivity contribution is 7.92. The van der Waals surface area contributed by atoms with Gasteiger partial charge in [-0.3, -0.25) is 9.10 Å². The van der Waals surface area contributed by atoms with Crippen LogP contribution in [0.1, 0.15) is 26.7 Å². The number of carbonyl (C=O) groups excluding carboxylic acids is 1. The van der Waals surface area contributed by atoms with E-state index in [9.17, 15) is 13.2 Å². The quantitative estimate of drug-likeness (QED) is 0.812. The number of piperidine rings is 1. The number of sulfonamides is 1. The topological polar surface area (TPSA) is 66.9 Å². The maximum atomic E-state index is 12.4. The Morgan fingerprint density at radius 3 is 2.29 bits per heavy atom. The van der Waals surface area contributed by atoms with Gasteiger partial charge in [-0.15, -0.1) is 0 Å². The average Bonchev–Trinajstić information content (AvgIpc) is 2.54. The van der Waals surface area contributed by atoms with Gasteiger partial charge >= 0.3 is 0 Å². The van der Waals surface area contributed by atoms with E-state index in [2.05, 4.69) is 6.92 Å². The Balaban J connectivity index is 1.96. The number of nitrogens with zero attached hydrogens (tertiary/aromatic N) is 2. The molecule has 1 aliphatic heterocycles. The molecule has 0 unspecified atom stereocenters. The second-order valence-corrected chi connectivity index (χ2v) is 8.51. The fourth-order valence-electron chi connectivity index (χ4n) is 2.67. The fraction of sp³-hybridized carbons (Fsp3) is 0.588. The molecule has 1 amide bonds. The van der Waals surface area contributed by atoms with Gasteiger partial charge in [-0.05, 0) is 49.9 Å². The number of amides is 1. The normalized spacial score (nSPS) is 17.4. The fourth-order valence-corrected chi connectivity index (χ4v) is 3.17. The number of hydrogen-bond donors (Lipinski definition) is 0. The van der Waals surface area contributed by atoms with Crippen molar-refractivity contribution in [2.24, 2.45) is 5.92 Å². The summed E-state index contributed by atoms with van der Waals surface area (Å²) in [5.41, 5.74) is 0.550. The predicted octanol–water partition coefficient (Wildman–Crippen LogP) is 2.11. The number of carbonyl (C=O) groups is 1. The highest BCUT2D eigenvalue weighted by Crippen LogP contribution is 2.22. The minimum Gasteiger partial charge on any atom is -0.481 e. The van der Waals surface area contributed by atoms with Crippen LogP contribution in [0.5, 0.6) is 5.75 Å². The molecule has 0 saturated carbocycles. The second-order valence-electron chi connectivity index (χ2n) is 6.49. The van der Waals surface area contributed by atoms with E-state index in [1.165, 1.54) is 11.4 Å². The van der Waals surface area contributed by atoms with E-state index in [-0.39, 0.29) is 5.91 Å². The molecule has 1 aromatic carbocycles. The van der Waals surface area contributed by atoms with Crippen molar-refractivity contribution in [3.63, 3.8) is 0 Å². The van der Waals surface area contributed by atoms with Crippen LogP contribution < -0.4 is 9.04 Å². The lowest BCUT2D eigenvalue weighted by Gasteiger charge is -2.32. The molecular weight excluding hydrogens is 328 g/mol.